The van der Waals surface area contributed by atoms with Crippen LogP contribution in [-0.2, 0) is 6.18 Å². The van der Waals surface area contributed by atoms with Gasteiger partial charge in [0, 0.05) is 11.6 Å². The Hall–Kier alpha value is -1.91. The first kappa shape index (κ1) is 11.6. The summed E-state index contributed by atoms with van der Waals surface area (Å²) in [7, 11) is 1.47. The largest absolute Gasteiger partial charge is 0.493 e. The van der Waals surface area contributed by atoms with Crippen molar-refractivity contribution in [3.63, 3.8) is 0 Å². The van der Waals surface area contributed by atoms with E-state index in [9.17, 15) is 13.2 Å². The smallest absolute Gasteiger partial charge is 0.416 e. The lowest BCUT2D eigenvalue weighted by Gasteiger charge is -2.07. The quantitative estimate of drug-likeness (QED) is 0.794. The Morgan fingerprint density at radius 3 is 2.24 bits per heavy atom. The molecule has 0 aliphatic carbocycles. The van der Waals surface area contributed by atoms with E-state index in [-0.39, 0.29) is 0 Å². The molecule has 0 saturated carbocycles. The van der Waals surface area contributed by atoms with Gasteiger partial charge in [-0.05, 0) is 12.1 Å². The summed E-state index contributed by atoms with van der Waals surface area (Å²) in [6.45, 7) is 0. The molecule has 2 rings (SSSR count). The van der Waals surface area contributed by atoms with Crippen LogP contribution in [0.15, 0.2) is 41.0 Å². The number of methoxy groups -OCH3 is 1. The van der Waals surface area contributed by atoms with Crippen LogP contribution in [0.5, 0.6) is 5.75 Å². The van der Waals surface area contributed by atoms with E-state index in [1.54, 1.807) is 6.07 Å². The number of hydrogen-bond acceptors (Lipinski definition) is 2. The fourth-order valence-electron chi connectivity index (χ4n) is 1.48. The fraction of sp³-hybridized carbons (Fsp3) is 0.167. The summed E-state index contributed by atoms with van der Waals surface area (Å²) in [6, 6.07) is 6.33. The van der Waals surface area contributed by atoms with Crippen LogP contribution in [0, 0.1) is 0 Å². The maximum atomic E-state index is 12.4. The van der Waals surface area contributed by atoms with Crippen LogP contribution >= 0.6 is 0 Å². The van der Waals surface area contributed by atoms with E-state index in [2.05, 4.69) is 0 Å². The van der Waals surface area contributed by atoms with E-state index < -0.39 is 11.7 Å². The average molecular weight is 242 g/mol. The highest BCUT2D eigenvalue weighted by Gasteiger charge is 2.30. The summed E-state index contributed by atoms with van der Waals surface area (Å²) >= 11 is 0. The summed E-state index contributed by atoms with van der Waals surface area (Å²) in [6.07, 6.45) is -2.91. The number of hydrogen-bond donors (Lipinski definition) is 0. The van der Waals surface area contributed by atoms with Gasteiger partial charge in [0.2, 0.25) is 0 Å². The number of furan rings is 1. The molecular formula is C12H9F3O2. The minimum atomic E-state index is -4.33. The average Bonchev–Trinajstić information content (AvgIpc) is 2.76. The van der Waals surface area contributed by atoms with Crippen molar-refractivity contribution in [1.29, 1.82) is 0 Å². The topological polar surface area (TPSA) is 22.4 Å². The Labute approximate surface area is 95.6 Å². The van der Waals surface area contributed by atoms with Gasteiger partial charge >= 0.3 is 6.18 Å². The van der Waals surface area contributed by atoms with Crippen molar-refractivity contribution in [2.75, 3.05) is 7.11 Å². The lowest BCUT2D eigenvalue weighted by atomic mass is 10.1. The highest BCUT2D eigenvalue weighted by Crippen LogP contribution is 2.34. The summed E-state index contributed by atoms with van der Waals surface area (Å²) in [4.78, 5) is 0. The SMILES string of the molecule is COc1ccoc1-c1ccc(C(F)(F)F)cc1. The molecule has 2 nitrogen and oxygen atoms in total. The molecule has 0 aliphatic heterocycles. The van der Waals surface area contributed by atoms with E-state index in [1.807, 2.05) is 0 Å². The maximum Gasteiger partial charge on any atom is 0.416 e. The molecule has 0 atom stereocenters. The Bertz CT molecular complexity index is 497. The Balaban J connectivity index is 2.36. The zero-order valence-electron chi connectivity index (χ0n) is 8.91. The van der Waals surface area contributed by atoms with Crippen LogP contribution in [0.25, 0.3) is 11.3 Å². The predicted molar refractivity (Wildman–Crippen MR) is 55.7 cm³/mol. The molecule has 17 heavy (non-hydrogen) atoms. The van der Waals surface area contributed by atoms with Crippen LogP contribution in [-0.4, -0.2) is 7.11 Å². The third-order valence-electron chi connectivity index (χ3n) is 2.32. The van der Waals surface area contributed by atoms with Crippen molar-refractivity contribution < 1.29 is 22.3 Å². The third-order valence-corrected chi connectivity index (χ3v) is 2.32. The highest BCUT2D eigenvalue weighted by atomic mass is 19.4. The lowest BCUT2D eigenvalue weighted by molar-refractivity contribution is -0.137. The zero-order chi connectivity index (χ0) is 12.5. The maximum absolute atomic E-state index is 12.4. The Morgan fingerprint density at radius 1 is 1.06 bits per heavy atom. The van der Waals surface area contributed by atoms with Crippen molar-refractivity contribution in [1.82, 2.24) is 0 Å². The second-order valence-corrected chi connectivity index (χ2v) is 3.39. The first-order chi connectivity index (χ1) is 8.02. The van der Waals surface area contributed by atoms with Crippen molar-refractivity contribution in [3.8, 4) is 17.1 Å². The van der Waals surface area contributed by atoms with Crippen molar-refractivity contribution in [2.45, 2.75) is 6.18 Å². The zero-order valence-corrected chi connectivity index (χ0v) is 8.91. The molecular weight excluding hydrogens is 233 g/mol. The van der Waals surface area contributed by atoms with Gasteiger partial charge in [-0.25, -0.2) is 0 Å². The van der Waals surface area contributed by atoms with Crippen LogP contribution in [0.4, 0.5) is 13.2 Å². The standard InChI is InChI=1S/C12H9F3O2/c1-16-10-6-7-17-11(10)8-2-4-9(5-3-8)12(13,14)15/h2-7H,1H3. The monoisotopic (exact) mass is 242 g/mol. The first-order valence-corrected chi connectivity index (χ1v) is 4.81. The number of benzene rings is 1. The van der Waals surface area contributed by atoms with Gasteiger partial charge < -0.3 is 9.15 Å². The van der Waals surface area contributed by atoms with Gasteiger partial charge in [-0.3, -0.25) is 0 Å². The molecule has 0 aliphatic rings. The number of rotatable bonds is 2. The summed E-state index contributed by atoms with van der Waals surface area (Å²) in [5.41, 5.74) is -0.147. The molecule has 90 valence electrons. The number of alkyl halides is 3. The molecule has 0 fully saturated rings. The van der Waals surface area contributed by atoms with Gasteiger partial charge in [0.1, 0.15) is 0 Å². The molecule has 0 N–H and O–H groups in total. The molecule has 1 aromatic heterocycles. The number of ether oxygens (including phenoxy) is 1. The van der Waals surface area contributed by atoms with Gasteiger partial charge in [-0.1, -0.05) is 12.1 Å². The van der Waals surface area contributed by atoms with E-state index in [0.717, 1.165) is 12.1 Å². The van der Waals surface area contributed by atoms with Crippen LogP contribution < -0.4 is 4.74 Å². The second kappa shape index (κ2) is 4.16. The first-order valence-electron chi connectivity index (χ1n) is 4.81. The molecule has 0 amide bonds. The van der Waals surface area contributed by atoms with Gasteiger partial charge in [-0.2, -0.15) is 13.2 Å². The van der Waals surface area contributed by atoms with Crippen LogP contribution in [0.3, 0.4) is 0 Å². The molecule has 5 heteroatoms. The predicted octanol–water partition coefficient (Wildman–Crippen LogP) is 3.97. The Kier molecular flexibility index (Phi) is 2.83. The van der Waals surface area contributed by atoms with Gasteiger partial charge in [-0.15, -0.1) is 0 Å². The van der Waals surface area contributed by atoms with E-state index in [0.29, 0.717) is 17.1 Å². The third kappa shape index (κ3) is 2.27. The molecule has 0 spiro atoms. The Morgan fingerprint density at radius 2 is 1.71 bits per heavy atom. The molecule has 2 aromatic rings. The summed E-state index contributed by atoms with van der Waals surface area (Å²) in [5.74, 6) is 0.908. The van der Waals surface area contributed by atoms with Crippen molar-refractivity contribution in [3.05, 3.63) is 42.2 Å². The molecule has 0 unspecified atom stereocenters. The highest BCUT2D eigenvalue weighted by molar-refractivity contribution is 5.64. The normalized spacial score (nSPS) is 11.5. The number of halogens is 3. The summed E-state index contributed by atoms with van der Waals surface area (Å²) in [5, 5.41) is 0. The summed E-state index contributed by atoms with van der Waals surface area (Å²) < 4.78 is 47.3. The van der Waals surface area contributed by atoms with E-state index >= 15 is 0 Å². The molecule has 0 saturated heterocycles. The van der Waals surface area contributed by atoms with E-state index in [4.69, 9.17) is 9.15 Å². The van der Waals surface area contributed by atoms with Gasteiger partial charge in [0.05, 0.1) is 18.9 Å². The van der Waals surface area contributed by atoms with Gasteiger partial charge in [0.25, 0.3) is 0 Å². The lowest BCUT2D eigenvalue weighted by Crippen LogP contribution is -2.03. The minimum absolute atomic E-state index is 0.418. The molecule has 1 heterocycles. The van der Waals surface area contributed by atoms with Crippen molar-refractivity contribution >= 4 is 0 Å². The molecule has 0 bridgehead atoms. The molecule has 1 aromatic carbocycles. The molecule has 0 radical (unpaired) electrons. The van der Waals surface area contributed by atoms with Gasteiger partial charge in [0.15, 0.2) is 11.5 Å². The van der Waals surface area contributed by atoms with Crippen LogP contribution in [0.1, 0.15) is 5.56 Å². The fourth-order valence-corrected chi connectivity index (χ4v) is 1.48. The van der Waals surface area contributed by atoms with Crippen molar-refractivity contribution in [2.24, 2.45) is 0 Å². The van der Waals surface area contributed by atoms with E-state index in [1.165, 1.54) is 25.5 Å². The second-order valence-electron chi connectivity index (χ2n) is 3.39. The minimum Gasteiger partial charge on any atom is -0.493 e. The van der Waals surface area contributed by atoms with Crippen LogP contribution in [0.2, 0.25) is 0 Å².